The minimum absolute atomic E-state index is 0.845. The molecule has 0 amide bonds. The van der Waals surface area contributed by atoms with Gasteiger partial charge in [0.2, 0.25) is 0 Å². The van der Waals surface area contributed by atoms with E-state index in [0.29, 0.717) is 0 Å². The predicted molar refractivity (Wildman–Crippen MR) is 111 cm³/mol. The molecule has 0 heterocycles. The van der Waals surface area contributed by atoms with Gasteiger partial charge in [0.1, 0.15) is 0 Å². The average molecular weight is 448 g/mol. The van der Waals surface area contributed by atoms with E-state index in [-0.39, 0.29) is 0 Å². The zero-order valence-electron chi connectivity index (χ0n) is 17.2. The van der Waals surface area contributed by atoms with E-state index in [1.54, 1.807) is 0 Å². The Morgan fingerprint density at radius 3 is 1.37 bits per heavy atom. The summed E-state index contributed by atoms with van der Waals surface area (Å²) in [6.07, 6.45) is 7.18. The molecular weight excluding hydrogens is 411 g/mol. The molecule has 0 saturated heterocycles. The Morgan fingerprint density at radius 2 is 1.00 bits per heavy atom. The molecule has 2 aromatic rings. The number of unbranched alkanes of at least 4 members (excludes halogenated alkanes) is 4. The molecule has 0 unspecified atom stereocenters. The van der Waals surface area contributed by atoms with Crippen LogP contribution in [0.15, 0.2) is 60.7 Å². The summed E-state index contributed by atoms with van der Waals surface area (Å²) < 4.78 is 15.4. The van der Waals surface area contributed by atoms with Crippen LogP contribution >= 0.6 is 0 Å². The zero-order valence-corrected chi connectivity index (χ0v) is 19.6. The van der Waals surface area contributed by atoms with Crippen LogP contribution in [0.25, 0.3) is 0 Å². The van der Waals surface area contributed by atoms with Crippen molar-refractivity contribution in [1.29, 1.82) is 0 Å². The molecule has 0 atom stereocenters. The van der Waals surface area contributed by atoms with Gasteiger partial charge >= 0.3 is 172 Å². The van der Waals surface area contributed by atoms with Gasteiger partial charge in [-0.2, -0.15) is 0 Å². The van der Waals surface area contributed by atoms with Crippen LogP contribution < -0.4 is 0 Å². The molecule has 0 spiro atoms. The first-order chi connectivity index (χ1) is 13.3. The second-order valence-electron chi connectivity index (χ2n) is 7.35. The normalized spacial score (nSPS) is 11.6. The molecule has 27 heavy (non-hydrogen) atoms. The standard InChI is InChI=1S/2C7H7.2C5H11O.Zr/c2*1-7-5-3-2-4-6-7;2*1-2-3-4-5-6;/h2*2-6H,1H2;2*2-5H2,1H3;/q;;2*-1;+2. The van der Waals surface area contributed by atoms with Gasteiger partial charge < -0.3 is 0 Å². The Morgan fingerprint density at radius 1 is 0.593 bits per heavy atom. The third-order valence-corrected chi connectivity index (χ3v) is 13.1. The molecule has 0 bridgehead atoms. The van der Waals surface area contributed by atoms with Gasteiger partial charge in [-0.05, 0) is 0 Å². The van der Waals surface area contributed by atoms with E-state index in [0.717, 1.165) is 34.3 Å². The van der Waals surface area contributed by atoms with Crippen molar-refractivity contribution in [2.45, 2.75) is 60.6 Å². The molecule has 0 radical (unpaired) electrons. The van der Waals surface area contributed by atoms with Crippen LogP contribution in [0.3, 0.4) is 0 Å². The van der Waals surface area contributed by atoms with Gasteiger partial charge in [0.15, 0.2) is 0 Å². The van der Waals surface area contributed by atoms with Gasteiger partial charge in [-0.15, -0.1) is 0 Å². The Bertz CT molecular complexity index is 545. The predicted octanol–water partition coefficient (Wildman–Crippen LogP) is 6.78. The monoisotopic (exact) mass is 446 g/mol. The van der Waals surface area contributed by atoms with Crippen molar-refractivity contribution >= 4 is 0 Å². The Balaban J connectivity index is 2.17. The third-order valence-electron chi connectivity index (χ3n) is 4.86. The van der Waals surface area contributed by atoms with E-state index in [1.165, 1.54) is 36.8 Å². The average Bonchev–Trinajstić information content (AvgIpc) is 2.70. The number of hydrogen-bond acceptors (Lipinski definition) is 2. The fraction of sp³-hybridized carbons (Fsp3) is 0.500. The van der Waals surface area contributed by atoms with Gasteiger partial charge in [-0.25, -0.2) is 0 Å². The fourth-order valence-corrected chi connectivity index (χ4v) is 11.6. The van der Waals surface area contributed by atoms with E-state index < -0.39 is 21.1 Å². The summed E-state index contributed by atoms with van der Waals surface area (Å²) in [4.78, 5) is 0. The molecule has 0 aromatic heterocycles. The summed E-state index contributed by atoms with van der Waals surface area (Å²) in [7, 11) is 0. The Kier molecular flexibility index (Phi) is 11.2. The molecule has 0 aliphatic heterocycles. The summed E-state index contributed by atoms with van der Waals surface area (Å²) in [5.74, 6) is 0. The van der Waals surface area contributed by atoms with Crippen molar-refractivity contribution in [3.05, 3.63) is 71.8 Å². The maximum atomic E-state index is 6.71. The Hall–Kier alpha value is -0.757. The topological polar surface area (TPSA) is 18.5 Å². The second-order valence-corrected chi connectivity index (χ2v) is 15.0. The van der Waals surface area contributed by atoms with Crippen molar-refractivity contribution in [3.8, 4) is 0 Å². The Labute approximate surface area is 171 Å². The van der Waals surface area contributed by atoms with Crippen LogP contribution in [0, 0.1) is 0 Å². The van der Waals surface area contributed by atoms with E-state index in [1.807, 2.05) is 0 Å². The van der Waals surface area contributed by atoms with Gasteiger partial charge in [0.25, 0.3) is 0 Å². The third kappa shape index (κ3) is 8.86. The van der Waals surface area contributed by atoms with E-state index in [4.69, 9.17) is 5.63 Å². The molecule has 0 saturated carbocycles. The summed E-state index contributed by atoms with van der Waals surface area (Å²) in [5, 5.41) is 0. The number of hydrogen-bond donors (Lipinski definition) is 0. The molecule has 2 aromatic carbocycles. The summed E-state index contributed by atoms with van der Waals surface area (Å²) in [6.45, 7) is 6.17. The van der Waals surface area contributed by atoms with Crippen LogP contribution in [0.2, 0.25) is 0 Å². The van der Waals surface area contributed by atoms with Gasteiger partial charge in [-0.3, -0.25) is 0 Å². The van der Waals surface area contributed by atoms with E-state index in [2.05, 4.69) is 74.5 Å². The number of benzene rings is 2. The minimum atomic E-state index is -3.29. The van der Waals surface area contributed by atoms with Crippen LogP contribution in [0.4, 0.5) is 0 Å². The van der Waals surface area contributed by atoms with E-state index >= 15 is 0 Å². The quantitative estimate of drug-likeness (QED) is 0.297. The molecular formula is C24H36O2Zr. The van der Waals surface area contributed by atoms with Crippen molar-refractivity contribution in [3.63, 3.8) is 0 Å². The van der Waals surface area contributed by atoms with Crippen molar-refractivity contribution in [2.24, 2.45) is 0 Å². The van der Waals surface area contributed by atoms with Crippen LogP contribution in [-0.2, 0) is 35.0 Å². The van der Waals surface area contributed by atoms with Crippen molar-refractivity contribution in [2.75, 3.05) is 13.2 Å². The molecule has 2 nitrogen and oxygen atoms in total. The fourth-order valence-electron chi connectivity index (χ4n) is 3.34. The first-order valence-corrected chi connectivity index (χ1v) is 16.1. The zero-order chi connectivity index (χ0) is 19.2. The molecule has 0 aliphatic rings. The molecule has 148 valence electrons. The van der Waals surface area contributed by atoms with Crippen LogP contribution in [0.1, 0.15) is 63.5 Å². The van der Waals surface area contributed by atoms with Crippen molar-refractivity contribution < 1.29 is 26.8 Å². The van der Waals surface area contributed by atoms with Crippen LogP contribution in [-0.4, -0.2) is 13.2 Å². The van der Waals surface area contributed by atoms with Crippen LogP contribution in [0.5, 0.6) is 0 Å². The molecule has 0 fully saturated rings. The maximum absolute atomic E-state index is 6.71. The first kappa shape index (κ1) is 22.5. The SMILES string of the molecule is CCCCC[O][Zr]([CH2]c1ccccc1)([CH2]c1ccccc1)[O]CCCCC. The summed E-state index contributed by atoms with van der Waals surface area (Å²) >= 11 is -3.29. The molecule has 3 heteroatoms. The number of rotatable bonds is 14. The second kappa shape index (κ2) is 13.4. The molecule has 0 N–H and O–H groups in total. The molecule has 2 rings (SSSR count). The summed E-state index contributed by atoms with van der Waals surface area (Å²) in [5.41, 5.74) is 2.71. The van der Waals surface area contributed by atoms with E-state index in [9.17, 15) is 0 Å². The van der Waals surface area contributed by atoms with Gasteiger partial charge in [0, 0.05) is 0 Å². The summed E-state index contributed by atoms with van der Waals surface area (Å²) in [6, 6.07) is 21.6. The van der Waals surface area contributed by atoms with Gasteiger partial charge in [-0.1, -0.05) is 0 Å². The first-order valence-electron chi connectivity index (χ1n) is 10.6. The van der Waals surface area contributed by atoms with Gasteiger partial charge in [0.05, 0.1) is 0 Å². The van der Waals surface area contributed by atoms with Crippen molar-refractivity contribution in [1.82, 2.24) is 0 Å². The molecule has 0 aliphatic carbocycles.